The maximum atomic E-state index is 12.9. The summed E-state index contributed by atoms with van der Waals surface area (Å²) in [5.41, 5.74) is 0. The predicted octanol–water partition coefficient (Wildman–Crippen LogP) is 23.9. The van der Waals surface area contributed by atoms with Crippen LogP contribution in [0.15, 0.2) is 72.9 Å². The fraction of sp³-hybridized carbons (Fsp3) is 0.816. The van der Waals surface area contributed by atoms with Crippen LogP contribution in [0.2, 0.25) is 0 Å². The smallest absolute Gasteiger partial charge is 0.462 e. The van der Waals surface area contributed by atoms with Crippen molar-refractivity contribution >= 4 is 19.8 Å². The number of rotatable bonds is 68. The number of quaternary nitrogens is 1. The first-order valence-electron chi connectivity index (χ1n) is 36.7. The fourth-order valence-corrected chi connectivity index (χ4v) is 11.4. The Labute approximate surface area is 533 Å². The molecule has 1 N–H and O–H groups in total. The van der Waals surface area contributed by atoms with Crippen LogP contribution in [0.5, 0.6) is 0 Å². The second-order valence-corrected chi connectivity index (χ2v) is 27.4. The highest BCUT2D eigenvalue weighted by atomic mass is 31.2. The van der Waals surface area contributed by atoms with Crippen molar-refractivity contribution in [3.05, 3.63) is 72.9 Å². The Morgan fingerprint density at radius 1 is 0.372 bits per heavy atom. The number of ether oxygens (including phenoxy) is 2. The highest BCUT2D eigenvalue weighted by molar-refractivity contribution is 7.47. The Hall–Kier alpha value is -2.55. The van der Waals surface area contributed by atoms with E-state index >= 15 is 0 Å². The van der Waals surface area contributed by atoms with Crippen molar-refractivity contribution in [2.75, 3.05) is 47.5 Å². The van der Waals surface area contributed by atoms with Crippen LogP contribution < -0.4 is 0 Å². The number of allylic oxidation sites excluding steroid dienone is 12. The van der Waals surface area contributed by atoms with E-state index in [0.717, 1.165) is 64.2 Å². The molecule has 502 valence electrons. The van der Waals surface area contributed by atoms with Gasteiger partial charge < -0.3 is 18.9 Å². The van der Waals surface area contributed by atoms with Gasteiger partial charge in [-0.05, 0) is 83.5 Å². The van der Waals surface area contributed by atoms with E-state index in [1.54, 1.807) is 0 Å². The molecule has 0 amide bonds. The van der Waals surface area contributed by atoms with E-state index in [1.807, 2.05) is 21.1 Å². The fourth-order valence-electron chi connectivity index (χ4n) is 10.6. The van der Waals surface area contributed by atoms with Crippen LogP contribution >= 0.6 is 7.82 Å². The number of nitrogens with zero attached hydrogens (tertiary/aromatic N) is 1. The molecule has 2 atom stereocenters. The van der Waals surface area contributed by atoms with Crippen LogP contribution in [0.25, 0.3) is 0 Å². The summed E-state index contributed by atoms with van der Waals surface area (Å²) >= 11 is 0. The third kappa shape index (κ3) is 70.5. The predicted molar refractivity (Wildman–Crippen MR) is 372 cm³/mol. The van der Waals surface area contributed by atoms with Crippen molar-refractivity contribution < 1.29 is 42.1 Å². The highest BCUT2D eigenvalue weighted by Gasteiger charge is 2.27. The molecule has 0 aromatic rings. The molecule has 2 unspecified atom stereocenters. The van der Waals surface area contributed by atoms with Crippen LogP contribution in [0, 0.1) is 0 Å². The van der Waals surface area contributed by atoms with E-state index in [1.165, 1.54) is 250 Å². The maximum Gasteiger partial charge on any atom is 0.472 e. The first kappa shape index (κ1) is 83.5. The topological polar surface area (TPSA) is 108 Å². The first-order chi connectivity index (χ1) is 42.0. The van der Waals surface area contributed by atoms with Crippen molar-refractivity contribution in [3.63, 3.8) is 0 Å². The lowest BCUT2D eigenvalue weighted by atomic mass is 10.0. The molecule has 0 aliphatic carbocycles. The number of esters is 2. The molecule has 0 fully saturated rings. The van der Waals surface area contributed by atoms with Crippen molar-refractivity contribution in [1.29, 1.82) is 0 Å². The van der Waals surface area contributed by atoms with Crippen molar-refractivity contribution in [3.8, 4) is 0 Å². The summed E-state index contributed by atoms with van der Waals surface area (Å²) in [6.45, 7) is 4.36. The van der Waals surface area contributed by atoms with Crippen LogP contribution in [-0.4, -0.2) is 74.9 Å². The van der Waals surface area contributed by atoms with Crippen molar-refractivity contribution in [2.45, 2.75) is 354 Å². The van der Waals surface area contributed by atoms with Gasteiger partial charge in [-0.3, -0.25) is 18.6 Å². The molecule has 0 rings (SSSR count). The molecular weight excluding hydrogens is 1090 g/mol. The minimum atomic E-state index is -4.39. The van der Waals surface area contributed by atoms with Crippen LogP contribution in [-0.2, 0) is 32.7 Å². The summed E-state index contributed by atoms with van der Waals surface area (Å²) in [6, 6.07) is 0. The van der Waals surface area contributed by atoms with Crippen LogP contribution in [0.3, 0.4) is 0 Å². The minimum absolute atomic E-state index is 0.0325. The van der Waals surface area contributed by atoms with Gasteiger partial charge in [0.15, 0.2) is 6.10 Å². The second kappa shape index (κ2) is 66.9. The molecule has 10 heteroatoms. The zero-order chi connectivity index (χ0) is 62.6. The van der Waals surface area contributed by atoms with E-state index in [0.29, 0.717) is 17.4 Å². The Bertz CT molecular complexity index is 1680. The Morgan fingerprint density at radius 3 is 0.988 bits per heavy atom. The van der Waals surface area contributed by atoms with Crippen LogP contribution in [0.1, 0.15) is 348 Å². The normalized spacial score (nSPS) is 13.5. The third-order valence-corrected chi connectivity index (χ3v) is 17.2. The molecular formula is C76H141NO8P+. The van der Waals surface area contributed by atoms with Gasteiger partial charge >= 0.3 is 19.8 Å². The minimum Gasteiger partial charge on any atom is -0.462 e. The molecule has 0 aromatic carbocycles. The number of carbonyl (C=O) groups is 2. The lowest BCUT2D eigenvalue weighted by molar-refractivity contribution is -0.870. The average molecular weight is 1230 g/mol. The Balaban J connectivity index is 3.95. The third-order valence-electron chi connectivity index (χ3n) is 16.2. The standard InChI is InChI=1S/C76H140NO8P/c1-6-8-10-12-14-16-18-20-22-24-26-28-30-32-33-34-35-36-37-38-39-40-41-42-43-45-47-49-51-53-55-57-59-61-63-65-67-69-76(79)85-74(73-84-86(80,81)83-71-70-77(3,4)5)72-82-75(78)68-66-64-62-60-58-56-54-52-50-48-46-44-31-29-27-25-23-21-19-17-15-13-11-9-7-2/h8,10,14,16,19-22,25-28,74H,6-7,9,11-13,15,17-18,23-24,29-73H2,1-5H3/p+1/b10-8-,16-14-,21-19-,22-20-,27-25-,28-26-. The van der Waals surface area contributed by atoms with Gasteiger partial charge in [0, 0.05) is 12.8 Å². The van der Waals surface area contributed by atoms with Gasteiger partial charge in [0.25, 0.3) is 0 Å². The van der Waals surface area contributed by atoms with Gasteiger partial charge in [-0.25, -0.2) is 4.57 Å². The molecule has 0 bridgehead atoms. The number of unbranched alkanes of at least 4 members (excludes halogenated alkanes) is 42. The quantitative estimate of drug-likeness (QED) is 0.0211. The van der Waals surface area contributed by atoms with E-state index in [-0.39, 0.29) is 32.0 Å². The lowest BCUT2D eigenvalue weighted by Crippen LogP contribution is -2.37. The van der Waals surface area contributed by atoms with Gasteiger partial charge in [0.2, 0.25) is 0 Å². The summed E-state index contributed by atoms with van der Waals surface area (Å²) in [6.07, 6.45) is 90.2. The summed E-state index contributed by atoms with van der Waals surface area (Å²) in [4.78, 5) is 35.9. The average Bonchev–Trinajstić information content (AvgIpc) is 3.67. The summed E-state index contributed by atoms with van der Waals surface area (Å²) in [7, 11) is 1.49. The van der Waals surface area contributed by atoms with E-state index in [4.69, 9.17) is 18.5 Å². The first-order valence-corrected chi connectivity index (χ1v) is 38.2. The Kier molecular flexibility index (Phi) is 64.9. The zero-order valence-corrected chi connectivity index (χ0v) is 58.2. The van der Waals surface area contributed by atoms with Gasteiger partial charge in [-0.15, -0.1) is 0 Å². The summed E-state index contributed by atoms with van der Waals surface area (Å²) in [5.74, 6) is -0.781. The van der Waals surface area contributed by atoms with E-state index < -0.39 is 26.5 Å². The number of hydrogen-bond acceptors (Lipinski definition) is 7. The van der Waals surface area contributed by atoms with Gasteiger partial charge in [-0.2, -0.15) is 0 Å². The molecule has 0 heterocycles. The molecule has 0 saturated carbocycles. The Morgan fingerprint density at radius 2 is 0.663 bits per heavy atom. The summed E-state index contributed by atoms with van der Waals surface area (Å²) in [5, 5.41) is 0. The number of likely N-dealkylation sites (N-methyl/N-ethyl adjacent to an activating group) is 1. The second-order valence-electron chi connectivity index (χ2n) is 25.9. The number of carbonyl (C=O) groups excluding carboxylic acids is 2. The van der Waals surface area contributed by atoms with Gasteiger partial charge in [0.05, 0.1) is 27.7 Å². The maximum absolute atomic E-state index is 12.9. The summed E-state index contributed by atoms with van der Waals surface area (Å²) < 4.78 is 34.8. The van der Waals surface area contributed by atoms with Crippen molar-refractivity contribution in [1.82, 2.24) is 0 Å². The van der Waals surface area contributed by atoms with Crippen LogP contribution in [0.4, 0.5) is 0 Å². The molecule has 0 saturated heterocycles. The monoisotopic (exact) mass is 1230 g/mol. The van der Waals surface area contributed by atoms with Gasteiger partial charge in [0.1, 0.15) is 19.8 Å². The largest absolute Gasteiger partial charge is 0.472 e. The highest BCUT2D eigenvalue weighted by Crippen LogP contribution is 2.43. The zero-order valence-electron chi connectivity index (χ0n) is 57.3. The number of hydrogen-bond donors (Lipinski definition) is 1. The SMILES string of the molecule is CC/C=C\C/C=C\C/C=C\C/C=C\CCCCCCCCCCCCCCCCCCCCCCCCCCC(=O)OC(COC(=O)CCCCCCCCCCCCCCC/C=C\C/C=C\CCCCCCC)COP(=O)(O)OCC[N+](C)(C)C. The molecule has 0 aliphatic rings. The molecule has 0 spiro atoms. The lowest BCUT2D eigenvalue weighted by Gasteiger charge is -2.24. The van der Waals surface area contributed by atoms with E-state index in [9.17, 15) is 19.0 Å². The van der Waals surface area contributed by atoms with E-state index in [2.05, 4.69) is 86.8 Å². The molecule has 0 aliphatic heterocycles. The molecule has 86 heavy (non-hydrogen) atoms. The molecule has 9 nitrogen and oxygen atoms in total. The van der Waals surface area contributed by atoms with Gasteiger partial charge in [-0.1, -0.05) is 324 Å². The number of phosphoric acid groups is 1. The molecule has 0 radical (unpaired) electrons. The molecule has 0 aromatic heterocycles. The van der Waals surface area contributed by atoms with Crippen molar-refractivity contribution in [2.24, 2.45) is 0 Å². The number of phosphoric ester groups is 1.